The largest absolute Gasteiger partial charge is 0.508 e. The third-order valence-corrected chi connectivity index (χ3v) is 2.40. The van der Waals surface area contributed by atoms with Crippen molar-refractivity contribution in [3.05, 3.63) is 29.8 Å². The highest BCUT2D eigenvalue weighted by atomic mass is 16.3. The van der Waals surface area contributed by atoms with E-state index in [4.69, 9.17) is 16.6 Å². The molecule has 1 aromatic rings. The Labute approximate surface area is 105 Å². The maximum absolute atomic E-state index is 11.6. The van der Waals surface area contributed by atoms with Crippen molar-refractivity contribution in [2.75, 3.05) is 6.54 Å². The Morgan fingerprint density at radius 2 is 1.89 bits per heavy atom. The Morgan fingerprint density at radius 1 is 1.28 bits per heavy atom. The third-order valence-electron chi connectivity index (χ3n) is 2.40. The molecule has 18 heavy (non-hydrogen) atoms. The summed E-state index contributed by atoms with van der Waals surface area (Å²) in [7, 11) is 0. The normalized spacial score (nSPS) is 11.8. The standard InChI is InChI=1S/C12H17N3O3/c13-10(12(18)15-6-5-11(14)17)7-8-1-3-9(16)4-2-8/h1-4,10,16H,5-7,13H2,(H2,14,17)(H,15,18)/t10-/m1/s1. The van der Waals surface area contributed by atoms with Gasteiger partial charge in [0.15, 0.2) is 0 Å². The van der Waals surface area contributed by atoms with Crippen molar-refractivity contribution in [2.24, 2.45) is 11.5 Å². The summed E-state index contributed by atoms with van der Waals surface area (Å²) in [5.74, 6) is -0.634. The number of aromatic hydroxyl groups is 1. The molecule has 1 aromatic carbocycles. The van der Waals surface area contributed by atoms with Gasteiger partial charge < -0.3 is 21.9 Å². The number of hydrogen-bond donors (Lipinski definition) is 4. The van der Waals surface area contributed by atoms with E-state index in [1.807, 2.05) is 0 Å². The molecule has 0 radical (unpaired) electrons. The van der Waals surface area contributed by atoms with Crippen LogP contribution >= 0.6 is 0 Å². The highest BCUT2D eigenvalue weighted by Crippen LogP contribution is 2.10. The van der Waals surface area contributed by atoms with Gasteiger partial charge in [0.2, 0.25) is 11.8 Å². The van der Waals surface area contributed by atoms with Crippen LogP contribution in [0.1, 0.15) is 12.0 Å². The zero-order valence-electron chi connectivity index (χ0n) is 9.93. The molecule has 1 atom stereocenters. The number of carbonyl (C=O) groups excluding carboxylic acids is 2. The van der Waals surface area contributed by atoms with Crippen LogP contribution in [0.15, 0.2) is 24.3 Å². The van der Waals surface area contributed by atoms with E-state index in [-0.39, 0.29) is 24.6 Å². The minimum Gasteiger partial charge on any atom is -0.508 e. The second kappa shape index (κ2) is 6.61. The first-order valence-corrected chi connectivity index (χ1v) is 5.58. The average molecular weight is 251 g/mol. The van der Waals surface area contributed by atoms with Gasteiger partial charge in [-0.1, -0.05) is 12.1 Å². The molecule has 0 spiro atoms. The average Bonchev–Trinajstić information content (AvgIpc) is 2.31. The van der Waals surface area contributed by atoms with E-state index < -0.39 is 11.9 Å². The van der Waals surface area contributed by atoms with Gasteiger partial charge in [-0.15, -0.1) is 0 Å². The monoisotopic (exact) mass is 251 g/mol. The molecule has 0 fully saturated rings. The van der Waals surface area contributed by atoms with Crippen LogP contribution in [-0.4, -0.2) is 29.5 Å². The zero-order valence-corrected chi connectivity index (χ0v) is 9.93. The molecule has 98 valence electrons. The molecular weight excluding hydrogens is 234 g/mol. The van der Waals surface area contributed by atoms with Crippen molar-refractivity contribution < 1.29 is 14.7 Å². The number of hydrogen-bond acceptors (Lipinski definition) is 4. The minimum atomic E-state index is -0.692. The van der Waals surface area contributed by atoms with Crippen molar-refractivity contribution in [3.8, 4) is 5.75 Å². The van der Waals surface area contributed by atoms with Crippen molar-refractivity contribution in [3.63, 3.8) is 0 Å². The molecule has 6 heteroatoms. The lowest BCUT2D eigenvalue weighted by molar-refractivity contribution is -0.122. The first kappa shape index (κ1) is 14.0. The number of rotatable bonds is 6. The molecule has 6 nitrogen and oxygen atoms in total. The van der Waals surface area contributed by atoms with Gasteiger partial charge in [-0.25, -0.2) is 0 Å². The topological polar surface area (TPSA) is 118 Å². The number of amides is 2. The van der Waals surface area contributed by atoms with Crippen LogP contribution in [0, 0.1) is 0 Å². The zero-order chi connectivity index (χ0) is 13.5. The molecule has 1 rings (SSSR count). The maximum atomic E-state index is 11.6. The van der Waals surface area contributed by atoms with Crippen LogP contribution < -0.4 is 16.8 Å². The van der Waals surface area contributed by atoms with Gasteiger partial charge in [-0.2, -0.15) is 0 Å². The van der Waals surface area contributed by atoms with E-state index in [0.29, 0.717) is 6.42 Å². The van der Waals surface area contributed by atoms with E-state index in [1.165, 1.54) is 12.1 Å². The summed E-state index contributed by atoms with van der Waals surface area (Å²) in [6.07, 6.45) is 0.459. The predicted octanol–water partition coefficient (Wildman–Crippen LogP) is -0.746. The van der Waals surface area contributed by atoms with Crippen LogP contribution in [0.25, 0.3) is 0 Å². The molecule has 0 saturated carbocycles. The van der Waals surface area contributed by atoms with Crippen molar-refractivity contribution >= 4 is 11.8 Å². The van der Waals surface area contributed by atoms with E-state index in [1.54, 1.807) is 12.1 Å². The molecule has 0 bridgehead atoms. The molecule has 0 aliphatic rings. The summed E-state index contributed by atoms with van der Waals surface area (Å²) >= 11 is 0. The molecular formula is C12H17N3O3. The minimum absolute atomic E-state index is 0.0949. The summed E-state index contributed by atoms with van der Waals surface area (Å²) in [6, 6.07) is 5.78. The SMILES string of the molecule is NC(=O)CCNC(=O)[C@H](N)Cc1ccc(O)cc1. The summed E-state index contributed by atoms with van der Waals surface area (Å²) in [4.78, 5) is 22.0. The van der Waals surface area contributed by atoms with E-state index >= 15 is 0 Å². The summed E-state index contributed by atoms with van der Waals surface area (Å²) in [5, 5.41) is 11.6. The Morgan fingerprint density at radius 3 is 2.44 bits per heavy atom. The number of nitrogens with two attached hydrogens (primary N) is 2. The molecule has 6 N–H and O–H groups in total. The van der Waals surface area contributed by atoms with Gasteiger partial charge in [0.1, 0.15) is 5.75 Å². The van der Waals surface area contributed by atoms with Crippen molar-refractivity contribution in [1.82, 2.24) is 5.32 Å². The summed E-state index contributed by atoms with van der Waals surface area (Å²) < 4.78 is 0. The quantitative estimate of drug-likeness (QED) is 0.532. The van der Waals surface area contributed by atoms with Crippen LogP contribution in [0.5, 0.6) is 5.75 Å². The lowest BCUT2D eigenvalue weighted by Crippen LogP contribution is -2.42. The molecule has 0 unspecified atom stereocenters. The number of phenols is 1. The van der Waals surface area contributed by atoms with Gasteiger partial charge in [-0.05, 0) is 24.1 Å². The second-order valence-corrected chi connectivity index (χ2v) is 3.98. The highest BCUT2D eigenvalue weighted by Gasteiger charge is 2.13. The van der Waals surface area contributed by atoms with Crippen LogP contribution in [0.3, 0.4) is 0 Å². The van der Waals surface area contributed by atoms with E-state index in [9.17, 15) is 9.59 Å². The lowest BCUT2D eigenvalue weighted by atomic mass is 10.1. The Hall–Kier alpha value is -2.08. The molecule has 0 heterocycles. The highest BCUT2D eigenvalue weighted by molar-refractivity contribution is 5.82. The maximum Gasteiger partial charge on any atom is 0.237 e. The Kier molecular flexibility index (Phi) is 5.13. The smallest absolute Gasteiger partial charge is 0.237 e. The van der Waals surface area contributed by atoms with Crippen molar-refractivity contribution in [1.29, 1.82) is 0 Å². The molecule has 0 saturated heterocycles. The number of benzene rings is 1. The molecule has 0 aromatic heterocycles. The molecule has 0 aliphatic carbocycles. The fraction of sp³-hybridized carbons (Fsp3) is 0.333. The summed E-state index contributed by atoms with van der Waals surface area (Å²) in [6.45, 7) is 0.192. The van der Waals surface area contributed by atoms with Gasteiger partial charge in [-0.3, -0.25) is 9.59 Å². The molecule has 0 aliphatic heterocycles. The number of primary amides is 1. The Bertz CT molecular complexity index is 417. The fourth-order valence-electron chi connectivity index (χ4n) is 1.42. The third kappa shape index (κ3) is 4.84. The van der Waals surface area contributed by atoms with Gasteiger partial charge in [0.05, 0.1) is 6.04 Å². The Balaban J connectivity index is 2.39. The fourth-order valence-corrected chi connectivity index (χ4v) is 1.42. The first-order valence-electron chi connectivity index (χ1n) is 5.58. The first-order chi connectivity index (χ1) is 8.49. The van der Waals surface area contributed by atoms with E-state index in [2.05, 4.69) is 5.32 Å². The molecule has 2 amide bonds. The van der Waals surface area contributed by atoms with Gasteiger partial charge in [0.25, 0.3) is 0 Å². The van der Waals surface area contributed by atoms with Gasteiger partial charge >= 0.3 is 0 Å². The van der Waals surface area contributed by atoms with Crippen LogP contribution in [0.4, 0.5) is 0 Å². The second-order valence-electron chi connectivity index (χ2n) is 3.98. The van der Waals surface area contributed by atoms with Gasteiger partial charge in [0, 0.05) is 13.0 Å². The number of carbonyl (C=O) groups is 2. The van der Waals surface area contributed by atoms with Crippen molar-refractivity contribution in [2.45, 2.75) is 18.9 Å². The predicted molar refractivity (Wildman–Crippen MR) is 66.6 cm³/mol. The van der Waals surface area contributed by atoms with Crippen LogP contribution in [-0.2, 0) is 16.0 Å². The number of phenolic OH excluding ortho intramolecular Hbond substituents is 1. The van der Waals surface area contributed by atoms with Crippen LogP contribution in [0.2, 0.25) is 0 Å². The van der Waals surface area contributed by atoms with E-state index in [0.717, 1.165) is 5.56 Å². The number of nitrogens with one attached hydrogen (secondary N) is 1. The lowest BCUT2D eigenvalue weighted by Gasteiger charge is -2.11. The summed E-state index contributed by atoms with van der Waals surface area (Å²) in [5.41, 5.74) is 11.5.